The highest BCUT2D eigenvalue weighted by Crippen LogP contribution is 2.29. The predicted molar refractivity (Wildman–Crippen MR) is 85.3 cm³/mol. The summed E-state index contributed by atoms with van der Waals surface area (Å²) in [5.41, 5.74) is 2.10. The van der Waals surface area contributed by atoms with Crippen LogP contribution in [0.2, 0.25) is 0 Å². The van der Waals surface area contributed by atoms with Gasteiger partial charge in [0.05, 0.1) is 5.56 Å². The molecule has 0 saturated carbocycles. The predicted octanol–water partition coefficient (Wildman–Crippen LogP) is 4.43. The fourth-order valence-corrected chi connectivity index (χ4v) is 2.13. The van der Waals surface area contributed by atoms with E-state index in [9.17, 15) is 8.78 Å². The maximum atomic E-state index is 12.5. The van der Waals surface area contributed by atoms with Crippen LogP contribution in [-0.4, -0.2) is 18.6 Å². The highest BCUT2D eigenvalue weighted by atomic mass is 19.3. The molecule has 0 radical (unpaired) electrons. The Morgan fingerprint density at radius 1 is 1.13 bits per heavy atom. The van der Waals surface area contributed by atoms with E-state index in [2.05, 4.69) is 15.0 Å². The third kappa shape index (κ3) is 4.55. The number of pyridine rings is 1. The summed E-state index contributed by atoms with van der Waals surface area (Å²) >= 11 is 0. The summed E-state index contributed by atoms with van der Waals surface area (Å²) in [5, 5.41) is 2.95. The Balaban J connectivity index is 2.20. The minimum atomic E-state index is -2.89. The molecule has 1 heterocycles. The number of ether oxygens (including phenoxy) is 2. The number of hydrogen-bond donors (Lipinski definition) is 1. The van der Waals surface area contributed by atoms with Gasteiger partial charge in [0, 0.05) is 24.5 Å². The fourth-order valence-electron chi connectivity index (χ4n) is 2.13. The topological polar surface area (TPSA) is 43.4 Å². The molecule has 1 aromatic heterocycles. The van der Waals surface area contributed by atoms with Crippen LogP contribution in [0.15, 0.2) is 36.4 Å². The zero-order valence-corrected chi connectivity index (χ0v) is 13.3. The van der Waals surface area contributed by atoms with Gasteiger partial charge in [0.25, 0.3) is 0 Å². The molecule has 0 fully saturated rings. The molecule has 0 aliphatic heterocycles. The zero-order chi connectivity index (χ0) is 16.8. The van der Waals surface area contributed by atoms with Crippen molar-refractivity contribution in [2.45, 2.75) is 33.0 Å². The van der Waals surface area contributed by atoms with Gasteiger partial charge in [0.1, 0.15) is 12.4 Å². The largest absolute Gasteiger partial charge is 0.473 e. The van der Waals surface area contributed by atoms with E-state index in [0.717, 1.165) is 5.69 Å². The van der Waals surface area contributed by atoms with E-state index in [1.54, 1.807) is 25.2 Å². The number of nitrogens with zero attached hydrogens (tertiary/aromatic N) is 1. The van der Waals surface area contributed by atoms with Crippen LogP contribution in [-0.2, 0) is 6.61 Å². The molecule has 0 bridgehead atoms. The second-order valence-corrected chi connectivity index (χ2v) is 5.25. The van der Waals surface area contributed by atoms with Crippen LogP contribution in [0.5, 0.6) is 11.6 Å². The average Bonchev–Trinajstić information content (AvgIpc) is 2.53. The third-order valence-corrected chi connectivity index (χ3v) is 3.32. The van der Waals surface area contributed by atoms with E-state index in [-0.39, 0.29) is 18.3 Å². The van der Waals surface area contributed by atoms with Gasteiger partial charge in [-0.2, -0.15) is 8.78 Å². The van der Waals surface area contributed by atoms with Gasteiger partial charge < -0.3 is 14.8 Å². The number of aromatic nitrogens is 1. The maximum absolute atomic E-state index is 12.5. The number of nitrogens with one attached hydrogen (secondary N) is 1. The van der Waals surface area contributed by atoms with E-state index >= 15 is 0 Å². The van der Waals surface area contributed by atoms with Crippen LogP contribution in [0, 0.1) is 0 Å². The van der Waals surface area contributed by atoms with Crippen LogP contribution in [0.25, 0.3) is 0 Å². The molecule has 23 heavy (non-hydrogen) atoms. The average molecular weight is 322 g/mol. The van der Waals surface area contributed by atoms with Crippen molar-refractivity contribution in [2.75, 3.05) is 12.4 Å². The first-order valence-electron chi connectivity index (χ1n) is 7.35. The van der Waals surface area contributed by atoms with E-state index < -0.39 is 6.61 Å². The Hall–Kier alpha value is -2.37. The van der Waals surface area contributed by atoms with Gasteiger partial charge >= 0.3 is 6.61 Å². The Kier molecular flexibility index (Phi) is 5.73. The van der Waals surface area contributed by atoms with Crippen LogP contribution in [0.1, 0.15) is 31.0 Å². The molecule has 1 N–H and O–H groups in total. The van der Waals surface area contributed by atoms with Crippen LogP contribution >= 0.6 is 0 Å². The fraction of sp³-hybridized carbons (Fsp3) is 0.353. The van der Waals surface area contributed by atoms with Gasteiger partial charge in [0.15, 0.2) is 0 Å². The van der Waals surface area contributed by atoms with Crippen molar-refractivity contribution >= 4 is 5.69 Å². The first-order valence-corrected chi connectivity index (χ1v) is 7.35. The number of rotatable bonds is 7. The molecule has 2 rings (SSSR count). The molecule has 0 atom stereocenters. The second-order valence-electron chi connectivity index (χ2n) is 5.25. The number of anilines is 1. The summed E-state index contributed by atoms with van der Waals surface area (Å²) in [6.45, 7) is 1.27. The van der Waals surface area contributed by atoms with Crippen LogP contribution in [0.3, 0.4) is 0 Å². The monoisotopic (exact) mass is 322 g/mol. The summed E-state index contributed by atoms with van der Waals surface area (Å²) in [4.78, 5) is 4.40. The molecule has 2 aromatic rings. The van der Waals surface area contributed by atoms with E-state index in [4.69, 9.17) is 4.74 Å². The Labute approximate surface area is 134 Å². The van der Waals surface area contributed by atoms with Gasteiger partial charge in [-0.25, -0.2) is 4.98 Å². The Morgan fingerprint density at radius 3 is 2.52 bits per heavy atom. The second kappa shape index (κ2) is 7.76. The lowest BCUT2D eigenvalue weighted by Crippen LogP contribution is -2.09. The van der Waals surface area contributed by atoms with Gasteiger partial charge in [-0.1, -0.05) is 26.0 Å². The number of halogens is 2. The molecule has 0 spiro atoms. The Bertz CT molecular complexity index is 648. The molecular formula is C17H20F2N2O2. The van der Waals surface area contributed by atoms with Crippen LogP contribution in [0.4, 0.5) is 14.5 Å². The third-order valence-electron chi connectivity index (χ3n) is 3.32. The summed E-state index contributed by atoms with van der Waals surface area (Å²) in [5.74, 6) is 0.817. The van der Waals surface area contributed by atoms with Crippen molar-refractivity contribution in [3.8, 4) is 11.6 Å². The van der Waals surface area contributed by atoms with Crippen LogP contribution < -0.4 is 14.8 Å². The summed E-state index contributed by atoms with van der Waals surface area (Å²) in [7, 11) is 1.71. The standard InChI is InChI=1S/C17H20F2N2O2/c1-11(2)13-6-5-9-16(21-13)22-10-12-14(20-3)7-4-8-15(12)23-17(18)19/h4-9,11,17,20H,10H2,1-3H3. The first kappa shape index (κ1) is 17.0. The SMILES string of the molecule is CNc1cccc(OC(F)F)c1COc1cccc(C(C)C)n1. The van der Waals surface area contributed by atoms with Gasteiger partial charge in [0.2, 0.25) is 5.88 Å². The lowest BCUT2D eigenvalue weighted by atomic mass is 10.1. The molecule has 0 amide bonds. The quantitative estimate of drug-likeness (QED) is 0.819. The van der Waals surface area contributed by atoms with Gasteiger partial charge in [-0.3, -0.25) is 0 Å². The zero-order valence-electron chi connectivity index (χ0n) is 13.3. The summed E-state index contributed by atoms with van der Waals surface area (Å²) in [6.07, 6.45) is 0. The van der Waals surface area contributed by atoms with Crippen molar-refractivity contribution in [2.24, 2.45) is 0 Å². The maximum Gasteiger partial charge on any atom is 0.387 e. The summed E-state index contributed by atoms with van der Waals surface area (Å²) in [6, 6.07) is 10.4. The molecule has 6 heteroatoms. The molecule has 4 nitrogen and oxygen atoms in total. The molecule has 0 unspecified atom stereocenters. The molecule has 0 aliphatic rings. The first-order chi connectivity index (χ1) is 11.0. The lowest BCUT2D eigenvalue weighted by molar-refractivity contribution is -0.0508. The lowest BCUT2D eigenvalue weighted by Gasteiger charge is -2.16. The summed E-state index contributed by atoms with van der Waals surface area (Å²) < 4.78 is 35.3. The molecule has 124 valence electrons. The van der Waals surface area contributed by atoms with Crippen molar-refractivity contribution in [1.29, 1.82) is 0 Å². The van der Waals surface area contributed by atoms with Gasteiger partial charge in [-0.05, 0) is 24.1 Å². The van der Waals surface area contributed by atoms with Crippen molar-refractivity contribution in [1.82, 2.24) is 4.98 Å². The minimum Gasteiger partial charge on any atom is -0.473 e. The number of hydrogen-bond acceptors (Lipinski definition) is 4. The molecular weight excluding hydrogens is 302 g/mol. The minimum absolute atomic E-state index is 0.0770. The van der Waals surface area contributed by atoms with Crippen molar-refractivity contribution in [3.05, 3.63) is 47.7 Å². The highest BCUT2D eigenvalue weighted by Gasteiger charge is 2.14. The van der Waals surface area contributed by atoms with E-state index in [1.165, 1.54) is 6.07 Å². The smallest absolute Gasteiger partial charge is 0.387 e. The molecule has 0 saturated heterocycles. The molecule has 0 aliphatic carbocycles. The number of benzene rings is 1. The van der Waals surface area contributed by atoms with Crippen molar-refractivity contribution in [3.63, 3.8) is 0 Å². The van der Waals surface area contributed by atoms with Crippen molar-refractivity contribution < 1.29 is 18.3 Å². The normalized spacial score (nSPS) is 10.9. The highest BCUT2D eigenvalue weighted by molar-refractivity contribution is 5.57. The molecule has 1 aromatic carbocycles. The van der Waals surface area contributed by atoms with Gasteiger partial charge in [-0.15, -0.1) is 0 Å². The Morgan fingerprint density at radius 2 is 1.87 bits per heavy atom. The number of alkyl halides is 2. The van der Waals surface area contributed by atoms with E-state index in [0.29, 0.717) is 17.1 Å². The van der Waals surface area contributed by atoms with E-state index in [1.807, 2.05) is 26.0 Å².